The molecule has 2 unspecified atom stereocenters. The molecule has 1 fully saturated rings. The molecule has 2 aliphatic rings. The number of hydrogen-bond acceptors (Lipinski definition) is 5. The lowest BCUT2D eigenvalue weighted by atomic mass is 9.88. The first-order valence-electron chi connectivity index (χ1n) is 8.80. The van der Waals surface area contributed by atoms with E-state index in [0.29, 0.717) is 13.2 Å². The van der Waals surface area contributed by atoms with Gasteiger partial charge in [0.15, 0.2) is 5.13 Å². The summed E-state index contributed by atoms with van der Waals surface area (Å²) in [4.78, 5) is 18.4. The number of ether oxygens (including phenoxy) is 1. The fraction of sp³-hybridized carbons (Fsp3) is 0.765. The molecule has 7 heteroatoms. The lowest BCUT2D eigenvalue weighted by Crippen LogP contribution is -2.43. The Hall–Kier alpha value is -0.690. The Balaban J connectivity index is 0.00000208. The second-order valence-electron chi connectivity index (χ2n) is 6.75. The lowest BCUT2D eigenvalue weighted by molar-refractivity contribution is -0.119. The summed E-state index contributed by atoms with van der Waals surface area (Å²) < 4.78 is 5.34. The molecule has 0 radical (unpaired) electrons. The van der Waals surface area contributed by atoms with Gasteiger partial charge in [0.2, 0.25) is 5.91 Å². The average Bonchev–Trinajstić information content (AvgIpc) is 2.96. The maximum atomic E-state index is 12.4. The van der Waals surface area contributed by atoms with Crippen LogP contribution in [0.15, 0.2) is 0 Å². The van der Waals surface area contributed by atoms with Gasteiger partial charge >= 0.3 is 0 Å². The van der Waals surface area contributed by atoms with Crippen LogP contribution in [0.5, 0.6) is 0 Å². The smallest absolute Gasteiger partial charge is 0.243 e. The Morgan fingerprint density at radius 2 is 2.17 bits per heavy atom. The molecule has 24 heavy (non-hydrogen) atoms. The molecule has 2 heterocycles. The van der Waals surface area contributed by atoms with Crippen molar-refractivity contribution in [3.8, 4) is 0 Å². The van der Waals surface area contributed by atoms with E-state index in [9.17, 15) is 4.79 Å². The van der Waals surface area contributed by atoms with Crippen LogP contribution in [-0.2, 0) is 22.4 Å². The second kappa shape index (κ2) is 9.13. The van der Waals surface area contributed by atoms with E-state index >= 15 is 0 Å². The zero-order valence-electron chi connectivity index (χ0n) is 14.3. The Morgan fingerprint density at radius 3 is 2.88 bits per heavy atom. The van der Waals surface area contributed by atoms with Crippen molar-refractivity contribution in [1.82, 2.24) is 4.98 Å². The van der Waals surface area contributed by atoms with E-state index < -0.39 is 6.04 Å². The molecule has 3 N–H and O–H groups in total. The molecule has 0 bridgehead atoms. The van der Waals surface area contributed by atoms with E-state index in [4.69, 9.17) is 10.5 Å². The summed E-state index contributed by atoms with van der Waals surface area (Å²) in [5.74, 6) is 0.890. The maximum Gasteiger partial charge on any atom is 0.243 e. The Bertz CT molecular complexity index is 546. The molecule has 0 spiro atoms. The number of thiazole rings is 1. The summed E-state index contributed by atoms with van der Waals surface area (Å²) in [6.45, 7) is 3.65. The number of fused-ring (bicyclic) bond motifs is 1. The minimum Gasteiger partial charge on any atom is -0.381 e. The van der Waals surface area contributed by atoms with E-state index in [2.05, 4.69) is 17.2 Å². The zero-order valence-corrected chi connectivity index (χ0v) is 15.9. The van der Waals surface area contributed by atoms with Crippen molar-refractivity contribution in [2.24, 2.45) is 17.6 Å². The molecular weight excluding hydrogens is 346 g/mol. The van der Waals surface area contributed by atoms with Crippen LogP contribution in [0.2, 0.25) is 0 Å². The number of hydrogen-bond donors (Lipinski definition) is 2. The lowest BCUT2D eigenvalue weighted by Gasteiger charge is -2.26. The van der Waals surface area contributed by atoms with Crippen LogP contribution in [0.1, 0.15) is 49.6 Å². The van der Waals surface area contributed by atoms with Crippen LogP contribution < -0.4 is 11.1 Å². The number of anilines is 1. The molecule has 1 saturated heterocycles. The summed E-state index contributed by atoms with van der Waals surface area (Å²) in [5.41, 5.74) is 7.31. The number of nitrogens with one attached hydrogen (secondary N) is 1. The van der Waals surface area contributed by atoms with Crippen molar-refractivity contribution in [3.63, 3.8) is 0 Å². The van der Waals surface area contributed by atoms with Crippen molar-refractivity contribution >= 4 is 34.8 Å². The highest BCUT2D eigenvalue weighted by Crippen LogP contribution is 2.34. The van der Waals surface area contributed by atoms with Crippen molar-refractivity contribution in [2.45, 2.75) is 57.9 Å². The second-order valence-corrected chi connectivity index (χ2v) is 7.83. The highest BCUT2D eigenvalue weighted by Gasteiger charge is 2.28. The average molecular weight is 374 g/mol. The summed E-state index contributed by atoms with van der Waals surface area (Å²) in [5, 5.41) is 3.67. The predicted octanol–water partition coefficient (Wildman–Crippen LogP) is 3.16. The molecule has 1 aliphatic carbocycles. The molecule has 1 aromatic rings. The molecule has 5 nitrogen and oxygen atoms in total. The quantitative estimate of drug-likeness (QED) is 0.831. The molecule has 1 aromatic heterocycles. The minimum absolute atomic E-state index is 0. The predicted molar refractivity (Wildman–Crippen MR) is 99.9 cm³/mol. The van der Waals surface area contributed by atoms with Crippen LogP contribution >= 0.6 is 23.7 Å². The van der Waals surface area contributed by atoms with E-state index in [-0.39, 0.29) is 24.2 Å². The first-order valence-corrected chi connectivity index (χ1v) is 9.61. The van der Waals surface area contributed by atoms with Gasteiger partial charge in [-0.3, -0.25) is 4.79 Å². The molecule has 1 amide bonds. The van der Waals surface area contributed by atoms with Crippen molar-refractivity contribution in [3.05, 3.63) is 10.6 Å². The molecule has 0 saturated carbocycles. The van der Waals surface area contributed by atoms with Crippen LogP contribution in [0.4, 0.5) is 5.13 Å². The van der Waals surface area contributed by atoms with Crippen molar-refractivity contribution in [1.29, 1.82) is 0 Å². The number of nitrogens with zero attached hydrogens (tertiary/aromatic N) is 1. The fourth-order valence-corrected chi connectivity index (χ4v) is 4.75. The fourth-order valence-electron chi connectivity index (χ4n) is 3.63. The van der Waals surface area contributed by atoms with Gasteiger partial charge in [0.1, 0.15) is 0 Å². The SMILES string of the molecule is CCCC1CCc2nc(NC(=O)C(N)C3CCOCC3)sc2C1.Cl. The minimum atomic E-state index is -0.465. The Kier molecular flexibility index (Phi) is 7.47. The largest absolute Gasteiger partial charge is 0.381 e. The van der Waals surface area contributed by atoms with Crippen LogP contribution in [0.3, 0.4) is 0 Å². The van der Waals surface area contributed by atoms with Gasteiger partial charge in [-0.05, 0) is 43.9 Å². The number of rotatable bonds is 5. The molecular formula is C17H28ClN3O2S. The highest BCUT2D eigenvalue weighted by molar-refractivity contribution is 7.15. The number of aryl methyl sites for hydroxylation is 1. The van der Waals surface area contributed by atoms with Gasteiger partial charge in [0.05, 0.1) is 11.7 Å². The molecule has 3 rings (SSSR count). The standard InChI is InChI=1S/C17H27N3O2S.ClH/c1-2-3-11-4-5-13-14(10-11)23-17(19-13)20-16(21)15(18)12-6-8-22-9-7-12;/h11-12,15H,2-10,18H2,1H3,(H,19,20,21);1H. The number of aromatic nitrogens is 1. The van der Waals surface area contributed by atoms with E-state index in [0.717, 1.165) is 36.7 Å². The van der Waals surface area contributed by atoms with Crippen molar-refractivity contribution < 1.29 is 9.53 Å². The van der Waals surface area contributed by atoms with Gasteiger partial charge in [0.25, 0.3) is 0 Å². The third-order valence-corrected chi connectivity index (χ3v) is 6.08. The Morgan fingerprint density at radius 1 is 1.42 bits per heavy atom. The van der Waals surface area contributed by atoms with E-state index in [1.165, 1.54) is 29.8 Å². The third-order valence-electron chi connectivity index (χ3n) is 5.05. The Labute approximate surface area is 154 Å². The molecule has 2 atom stereocenters. The van der Waals surface area contributed by atoms with Gasteiger partial charge in [0, 0.05) is 18.1 Å². The highest BCUT2D eigenvalue weighted by atomic mass is 35.5. The third kappa shape index (κ3) is 4.69. The monoisotopic (exact) mass is 373 g/mol. The first kappa shape index (κ1) is 19.6. The van der Waals surface area contributed by atoms with E-state index in [1.54, 1.807) is 11.3 Å². The number of nitrogens with two attached hydrogens (primary N) is 1. The summed E-state index contributed by atoms with van der Waals surface area (Å²) >= 11 is 1.63. The van der Waals surface area contributed by atoms with Crippen LogP contribution in [0.25, 0.3) is 0 Å². The number of carbonyl (C=O) groups is 1. The van der Waals surface area contributed by atoms with Crippen LogP contribution in [-0.4, -0.2) is 30.1 Å². The van der Waals surface area contributed by atoms with Gasteiger partial charge < -0.3 is 15.8 Å². The molecule has 0 aromatic carbocycles. The van der Waals surface area contributed by atoms with Gasteiger partial charge in [-0.15, -0.1) is 23.7 Å². The van der Waals surface area contributed by atoms with Crippen LogP contribution in [0, 0.1) is 11.8 Å². The maximum absolute atomic E-state index is 12.4. The summed E-state index contributed by atoms with van der Waals surface area (Å²) in [6.07, 6.45) is 7.62. The van der Waals surface area contributed by atoms with Gasteiger partial charge in [-0.2, -0.15) is 0 Å². The topological polar surface area (TPSA) is 77.2 Å². The summed E-state index contributed by atoms with van der Waals surface area (Å²) in [7, 11) is 0. The van der Waals surface area contributed by atoms with Gasteiger partial charge in [-0.25, -0.2) is 4.98 Å². The van der Waals surface area contributed by atoms with Gasteiger partial charge in [-0.1, -0.05) is 19.8 Å². The van der Waals surface area contributed by atoms with E-state index in [1.807, 2.05) is 0 Å². The zero-order chi connectivity index (χ0) is 16.2. The summed E-state index contributed by atoms with van der Waals surface area (Å²) in [6, 6.07) is -0.465. The normalized spacial score (nSPS) is 22.3. The molecule has 1 aliphatic heterocycles. The molecule has 136 valence electrons. The number of halogens is 1. The first-order chi connectivity index (χ1) is 11.2. The number of carbonyl (C=O) groups excluding carboxylic acids is 1. The number of amides is 1. The van der Waals surface area contributed by atoms with Crippen molar-refractivity contribution in [2.75, 3.05) is 18.5 Å².